The van der Waals surface area contributed by atoms with Crippen molar-refractivity contribution in [1.82, 2.24) is 9.13 Å². The predicted molar refractivity (Wildman–Crippen MR) is 103 cm³/mol. The van der Waals surface area contributed by atoms with E-state index in [0.29, 0.717) is 11.6 Å². The molecule has 0 bridgehead atoms. The van der Waals surface area contributed by atoms with Crippen LogP contribution >= 0.6 is 11.6 Å². The van der Waals surface area contributed by atoms with Gasteiger partial charge in [0, 0.05) is 13.1 Å². The standard InChI is InChI=1S/C20H13ClF4N2O4/c1-26-16(20(23,24)25)9-17(28)27(19(26)30)15-7-12(13(21)8-14(15)22)18(29)31-10-11-5-3-2-4-6-11/h2-9H,10H2,1H3. The van der Waals surface area contributed by atoms with E-state index in [1.54, 1.807) is 30.3 Å². The monoisotopic (exact) mass is 456 g/mol. The second-order valence-electron chi connectivity index (χ2n) is 6.39. The first-order valence-corrected chi connectivity index (χ1v) is 8.99. The summed E-state index contributed by atoms with van der Waals surface area (Å²) in [5.74, 6) is -2.17. The third-order valence-corrected chi connectivity index (χ3v) is 4.63. The molecule has 162 valence electrons. The summed E-state index contributed by atoms with van der Waals surface area (Å²) in [6, 6.07) is 10.2. The lowest BCUT2D eigenvalue weighted by molar-refractivity contribution is -0.144. The number of benzene rings is 2. The number of ether oxygens (including phenoxy) is 1. The summed E-state index contributed by atoms with van der Waals surface area (Å²) in [5, 5.41) is -0.365. The molecule has 0 N–H and O–H groups in total. The van der Waals surface area contributed by atoms with Gasteiger partial charge in [0.1, 0.15) is 18.1 Å². The Hall–Kier alpha value is -3.40. The maximum atomic E-state index is 14.5. The number of hydrogen-bond acceptors (Lipinski definition) is 4. The lowest BCUT2D eigenvalue weighted by Gasteiger charge is -2.15. The first-order chi connectivity index (χ1) is 14.5. The fourth-order valence-electron chi connectivity index (χ4n) is 2.79. The van der Waals surface area contributed by atoms with Crippen molar-refractivity contribution in [2.75, 3.05) is 0 Å². The Morgan fingerprint density at radius 2 is 1.74 bits per heavy atom. The van der Waals surface area contributed by atoms with Crippen LogP contribution in [0.15, 0.2) is 58.1 Å². The Morgan fingerprint density at radius 1 is 1.10 bits per heavy atom. The number of aromatic nitrogens is 2. The number of alkyl halides is 3. The molecule has 0 aliphatic carbocycles. The van der Waals surface area contributed by atoms with Crippen molar-refractivity contribution in [3.8, 4) is 5.69 Å². The van der Waals surface area contributed by atoms with E-state index < -0.39 is 40.6 Å². The summed E-state index contributed by atoms with van der Waals surface area (Å²) in [4.78, 5) is 37.0. The molecule has 0 saturated carbocycles. The lowest BCUT2D eigenvalue weighted by Crippen LogP contribution is -2.41. The number of carbonyl (C=O) groups is 1. The molecule has 1 aromatic heterocycles. The van der Waals surface area contributed by atoms with Crippen molar-refractivity contribution >= 4 is 17.6 Å². The van der Waals surface area contributed by atoms with Crippen LogP contribution in [-0.4, -0.2) is 15.1 Å². The Kier molecular flexibility index (Phi) is 6.03. The van der Waals surface area contributed by atoms with Crippen LogP contribution in [0.3, 0.4) is 0 Å². The molecule has 0 saturated heterocycles. The van der Waals surface area contributed by atoms with Gasteiger partial charge < -0.3 is 4.74 Å². The van der Waals surface area contributed by atoms with Crippen LogP contribution in [0.25, 0.3) is 5.69 Å². The first kappa shape index (κ1) is 22.3. The fourth-order valence-corrected chi connectivity index (χ4v) is 3.01. The molecule has 0 fully saturated rings. The van der Waals surface area contributed by atoms with E-state index in [-0.39, 0.29) is 32.4 Å². The SMILES string of the molecule is Cn1c(C(F)(F)F)cc(=O)n(-c2cc(C(=O)OCc3ccccc3)c(Cl)cc2F)c1=O. The van der Waals surface area contributed by atoms with Gasteiger partial charge in [-0.15, -0.1) is 0 Å². The molecule has 0 radical (unpaired) electrons. The van der Waals surface area contributed by atoms with E-state index in [0.717, 1.165) is 13.1 Å². The molecule has 0 unspecified atom stereocenters. The predicted octanol–water partition coefficient (Wildman–Crippen LogP) is 3.70. The summed E-state index contributed by atoms with van der Waals surface area (Å²) >= 11 is 5.90. The molecule has 6 nitrogen and oxygen atoms in total. The van der Waals surface area contributed by atoms with Crippen LogP contribution in [0.1, 0.15) is 21.6 Å². The maximum absolute atomic E-state index is 14.5. The first-order valence-electron chi connectivity index (χ1n) is 8.61. The van der Waals surface area contributed by atoms with E-state index in [2.05, 4.69) is 0 Å². The summed E-state index contributed by atoms with van der Waals surface area (Å²) in [5.41, 5.74) is -4.85. The molecule has 3 rings (SSSR count). The van der Waals surface area contributed by atoms with E-state index in [9.17, 15) is 31.9 Å². The van der Waals surface area contributed by atoms with Crippen LogP contribution in [0, 0.1) is 5.82 Å². The third kappa shape index (κ3) is 4.53. The van der Waals surface area contributed by atoms with Crippen LogP contribution in [0.4, 0.5) is 17.6 Å². The van der Waals surface area contributed by atoms with E-state index in [1.165, 1.54) is 0 Å². The van der Waals surface area contributed by atoms with Gasteiger partial charge in [-0.25, -0.2) is 18.5 Å². The molecule has 1 heterocycles. The summed E-state index contributed by atoms with van der Waals surface area (Å²) < 4.78 is 59.0. The van der Waals surface area contributed by atoms with E-state index in [1.807, 2.05) is 0 Å². The number of nitrogens with zero attached hydrogens (tertiary/aromatic N) is 2. The highest BCUT2D eigenvalue weighted by molar-refractivity contribution is 6.33. The van der Waals surface area contributed by atoms with Gasteiger partial charge in [-0.1, -0.05) is 41.9 Å². The minimum absolute atomic E-state index is 0.134. The molecule has 3 aromatic rings. The van der Waals surface area contributed by atoms with Crippen LogP contribution in [-0.2, 0) is 24.6 Å². The molecule has 0 atom stereocenters. The van der Waals surface area contributed by atoms with E-state index in [4.69, 9.17) is 16.3 Å². The molecule has 11 heteroatoms. The minimum atomic E-state index is -4.98. The van der Waals surface area contributed by atoms with Gasteiger partial charge in [0.2, 0.25) is 0 Å². The van der Waals surface area contributed by atoms with Crippen molar-refractivity contribution in [1.29, 1.82) is 0 Å². The number of hydrogen-bond donors (Lipinski definition) is 0. The van der Waals surface area contributed by atoms with Crippen LogP contribution in [0.5, 0.6) is 0 Å². The summed E-state index contributed by atoms with van der Waals surface area (Å²) in [6.07, 6.45) is -4.98. The van der Waals surface area contributed by atoms with Gasteiger partial charge in [-0.2, -0.15) is 13.2 Å². The zero-order valence-corrected chi connectivity index (χ0v) is 16.5. The summed E-state index contributed by atoms with van der Waals surface area (Å²) in [7, 11) is 0.782. The molecule has 2 aromatic carbocycles. The summed E-state index contributed by atoms with van der Waals surface area (Å²) in [6.45, 7) is -0.134. The van der Waals surface area contributed by atoms with Gasteiger partial charge in [0.25, 0.3) is 5.56 Å². The van der Waals surface area contributed by atoms with Gasteiger partial charge in [-0.3, -0.25) is 9.36 Å². The van der Waals surface area contributed by atoms with Crippen molar-refractivity contribution < 1.29 is 27.1 Å². The quantitative estimate of drug-likeness (QED) is 0.443. The molecule has 31 heavy (non-hydrogen) atoms. The number of esters is 1. The Bertz CT molecular complexity index is 1270. The number of rotatable bonds is 4. The molecular formula is C20H13ClF4N2O4. The van der Waals surface area contributed by atoms with Crippen LogP contribution < -0.4 is 11.2 Å². The van der Waals surface area contributed by atoms with Gasteiger partial charge >= 0.3 is 17.8 Å². The second-order valence-corrected chi connectivity index (χ2v) is 6.79. The van der Waals surface area contributed by atoms with Crippen molar-refractivity contribution in [3.05, 3.63) is 97.0 Å². The maximum Gasteiger partial charge on any atom is 0.431 e. The van der Waals surface area contributed by atoms with Crippen molar-refractivity contribution in [3.63, 3.8) is 0 Å². The average Bonchev–Trinajstić information content (AvgIpc) is 2.70. The van der Waals surface area contributed by atoms with Gasteiger partial charge in [0.05, 0.1) is 16.3 Å². The Labute approximate surface area is 176 Å². The number of carbonyl (C=O) groups excluding carboxylic acids is 1. The lowest BCUT2D eigenvalue weighted by atomic mass is 10.2. The van der Waals surface area contributed by atoms with Crippen molar-refractivity contribution in [2.24, 2.45) is 7.05 Å². The molecule has 0 aliphatic heterocycles. The molecule has 0 amide bonds. The highest BCUT2D eigenvalue weighted by atomic mass is 35.5. The largest absolute Gasteiger partial charge is 0.457 e. The zero-order valence-electron chi connectivity index (χ0n) is 15.7. The molecular weight excluding hydrogens is 444 g/mol. The van der Waals surface area contributed by atoms with E-state index >= 15 is 0 Å². The Balaban J connectivity index is 2.06. The fraction of sp³-hybridized carbons (Fsp3) is 0.150. The minimum Gasteiger partial charge on any atom is -0.457 e. The van der Waals surface area contributed by atoms with Gasteiger partial charge in [0.15, 0.2) is 0 Å². The molecule has 0 aliphatic rings. The zero-order chi connectivity index (χ0) is 22.9. The third-order valence-electron chi connectivity index (χ3n) is 4.32. The average molecular weight is 457 g/mol. The highest BCUT2D eigenvalue weighted by Gasteiger charge is 2.35. The number of halogens is 5. The smallest absolute Gasteiger partial charge is 0.431 e. The topological polar surface area (TPSA) is 70.3 Å². The van der Waals surface area contributed by atoms with Crippen molar-refractivity contribution in [2.45, 2.75) is 12.8 Å². The second kappa shape index (κ2) is 8.38. The Morgan fingerprint density at radius 3 is 2.35 bits per heavy atom. The van der Waals surface area contributed by atoms with Gasteiger partial charge in [-0.05, 0) is 17.7 Å². The van der Waals surface area contributed by atoms with Crippen LogP contribution in [0.2, 0.25) is 5.02 Å². The highest BCUT2D eigenvalue weighted by Crippen LogP contribution is 2.27. The normalized spacial score (nSPS) is 11.4. The molecule has 0 spiro atoms.